The van der Waals surface area contributed by atoms with Crippen LogP contribution in [0.15, 0.2) is 24.3 Å². The summed E-state index contributed by atoms with van der Waals surface area (Å²) in [6.07, 6.45) is -5.50. The monoisotopic (exact) mass is 533 g/mol. The highest BCUT2D eigenvalue weighted by Gasteiger charge is 2.43. The average molecular weight is 533 g/mol. The van der Waals surface area contributed by atoms with Gasteiger partial charge in [0.05, 0.1) is 0 Å². The van der Waals surface area contributed by atoms with Gasteiger partial charge in [-0.15, -0.1) is 8.78 Å². The number of anilines is 2. The molecule has 0 atom stereocenters. The number of aryl methyl sites for hydroxylation is 1. The van der Waals surface area contributed by atoms with Crippen LogP contribution < -0.4 is 25.4 Å². The molecule has 1 aliphatic heterocycles. The third-order valence-electron chi connectivity index (χ3n) is 5.41. The number of hydrogen-bond acceptors (Lipinski definition) is 8. The zero-order chi connectivity index (χ0) is 27.4. The van der Waals surface area contributed by atoms with Crippen molar-refractivity contribution in [1.29, 1.82) is 0 Å². The number of amides is 1. The quantitative estimate of drug-likeness (QED) is 0.422. The van der Waals surface area contributed by atoms with Crippen LogP contribution in [0.1, 0.15) is 41.7 Å². The van der Waals surface area contributed by atoms with Gasteiger partial charge in [0.1, 0.15) is 5.82 Å². The molecular formula is C22H24F5N5O5. The Balaban J connectivity index is 0.000000479. The Morgan fingerprint density at radius 2 is 1.62 bits per heavy atom. The molecule has 10 nitrogen and oxygen atoms in total. The third-order valence-corrected chi connectivity index (χ3v) is 5.41. The van der Waals surface area contributed by atoms with Gasteiger partial charge in [0.25, 0.3) is 5.91 Å². The molecule has 0 saturated heterocycles. The van der Waals surface area contributed by atoms with Gasteiger partial charge in [0.2, 0.25) is 5.95 Å². The fourth-order valence-corrected chi connectivity index (χ4v) is 3.68. The number of nitrogens with zero attached hydrogens (tertiary/aromatic N) is 2. The van der Waals surface area contributed by atoms with Crippen molar-refractivity contribution >= 4 is 23.6 Å². The van der Waals surface area contributed by atoms with E-state index in [-0.39, 0.29) is 35.1 Å². The first-order valence-electron chi connectivity index (χ1n) is 11.1. The SMILES string of the molecule is CNc1cc(C)nc(N[C@H]2CC[C@@H](NC(=O)c3ccc4c(c3)OC(F)(F)O4)CC2)n1.O=C(O)C(F)(F)F. The van der Waals surface area contributed by atoms with Gasteiger partial charge in [0, 0.05) is 36.5 Å². The lowest BCUT2D eigenvalue weighted by atomic mass is 9.91. The minimum absolute atomic E-state index is 0.00807. The molecule has 4 rings (SSSR count). The highest BCUT2D eigenvalue weighted by atomic mass is 19.4. The van der Waals surface area contributed by atoms with Crippen molar-refractivity contribution in [2.75, 3.05) is 17.7 Å². The number of aliphatic carboxylic acids is 1. The maximum absolute atomic E-state index is 13.1. The van der Waals surface area contributed by atoms with Gasteiger partial charge in [-0.1, -0.05) is 0 Å². The number of alkyl halides is 5. The van der Waals surface area contributed by atoms with E-state index in [0.29, 0.717) is 5.95 Å². The van der Waals surface area contributed by atoms with E-state index in [0.717, 1.165) is 37.2 Å². The highest BCUT2D eigenvalue weighted by Crippen LogP contribution is 2.41. The van der Waals surface area contributed by atoms with Crippen molar-refractivity contribution < 1.29 is 46.1 Å². The zero-order valence-corrected chi connectivity index (χ0v) is 19.7. The van der Waals surface area contributed by atoms with Crippen LogP contribution in [-0.2, 0) is 4.79 Å². The van der Waals surface area contributed by atoms with Crippen LogP contribution in [0, 0.1) is 6.92 Å². The van der Waals surface area contributed by atoms with Crippen LogP contribution in [-0.4, -0.2) is 58.6 Å². The van der Waals surface area contributed by atoms with Crippen LogP contribution in [0.2, 0.25) is 0 Å². The molecule has 1 amide bonds. The smallest absolute Gasteiger partial charge is 0.475 e. The predicted molar refractivity (Wildman–Crippen MR) is 120 cm³/mol. The molecular weight excluding hydrogens is 509 g/mol. The molecule has 15 heteroatoms. The third kappa shape index (κ3) is 7.79. The van der Waals surface area contributed by atoms with Gasteiger partial charge in [-0.05, 0) is 50.8 Å². The van der Waals surface area contributed by atoms with Crippen LogP contribution in [0.25, 0.3) is 0 Å². The zero-order valence-electron chi connectivity index (χ0n) is 19.7. The lowest BCUT2D eigenvalue weighted by molar-refractivity contribution is -0.286. The number of hydrogen-bond donors (Lipinski definition) is 4. The molecule has 0 spiro atoms. The Morgan fingerprint density at radius 1 is 1.03 bits per heavy atom. The number of fused-ring (bicyclic) bond motifs is 1. The Morgan fingerprint density at radius 3 is 2.22 bits per heavy atom. The molecule has 1 fully saturated rings. The van der Waals surface area contributed by atoms with Gasteiger partial charge < -0.3 is 30.5 Å². The second kappa shape index (κ2) is 11.0. The highest BCUT2D eigenvalue weighted by molar-refractivity contribution is 5.95. The van der Waals surface area contributed by atoms with E-state index in [1.165, 1.54) is 18.2 Å². The van der Waals surface area contributed by atoms with E-state index in [2.05, 4.69) is 35.4 Å². The largest absolute Gasteiger partial charge is 0.586 e. The molecule has 1 aliphatic carbocycles. The summed E-state index contributed by atoms with van der Waals surface area (Å²) >= 11 is 0. The van der Waals surface area contributed by atoms with Gasteiger partial charge in [-0.25, -0.2) is 9.78 Å². The van der Waals surface area contributed by atoms with Gasteiger partial charge >= 0.3 is 18.4 Å². The molecule has 0 bridgehead atoms. The first kappa shape index (κ1) is 27.7. The number of rotatable bonds is 5. The molecule has 37 heavy (non-hydrogen) atoms. The number of carbonyl (C=O) groups is 2. The van der Waals surface area contributed by atoms with Crippen LogP contribution in [0.4, 0.5) is 33.7 Å². The van der Waals surface area contributed by atoms with E-state index in [4.69, 9.17) is 9.90 Å². The Labute approximate surface area is 207 Å². The number of aromatic nitrogens is 2. The summed E-state index contributed by atoms with van der Waals surface area (Å²) in [5.41, 5.74) is 1.13. The molecule has 1 saturated carbocycles. The van der Waals surface area contributed by atoms with Crippen LogP contribution in [0.5, 0.6) is 11.5 Å². The maximum atomic E-state index is 13.1. The van der Waals surface area contributed by atoms with Crippen LogP contribution >= 0.6 is 0 Å². The van der Waals surface area contributed by atoms with Crippen molar-refractivity contribution in [1.82, 2.24) is 15.3 Å². The van der Waals surface area contributed by atoms with Gasteiger partial charge in [-0.2, -0.15) is 18.2 Å². The molecule has 1 aromatic heterocycles. The number of carbonyl (C=O) groups excluding carboxylic acids is 1. The molecule has 202 valence electrons. The number of halogens is 5. The van der Waals surface area contributed by atoms with E-state index >= 15 is 0 Å². The van der Waals surface area contributed by atoms with Crippen molar-refractivity contribution in [3.8, 4) is 11.5 Å². The van der Waals surface area contributed by atoms with Crippen molar-refractivity contribution in [2.24, 2.45) is 0 Å². The molecule has 2 aliphatic rings. The van der Waals surface area contributed by atoms with E-state index in [1.54, 1.807) is 0 Å². The first-order chi connectivity index (χ1) is 17.3. The van der Waals surface area contributed by atoms with Crippen molar-refractivity contribution in [3.63, 3.8) is 0 Å². The fourth-order valence-electron chi connectivity index (χ4n) is 3.68. The lowest BCUT2D eigenvalue weighted by Gasteiger charge is -2.29. The summed E-state index contributed by atoms with van der Waals surface area (Å²) in [4.78, 5) is 30.2. The van der Waals surface area contributed by atoms with Crippen LogP contribution in [0.3, 0.4) is 0 Å². The summed E-state index contributed by atoms with van der Waals surface area (Å²) < 4.78 is 66.8. The normalized spacial score (nSPS) is 19.8. The summed E-state index contributed by atoms with van der Waals surface area (Å²) in [6, 6.07) is 6.13. The van der Waals surface area contributed by atoms with E-state index in [1.807, 2.05) is 20.0 Å². The van der Waals surface area contributed by atoms with E-state index in [9.17, 15) is 26.7 Å². The summed E-state index contributed by atoms with van der Waals surface area (Å²) in [5, 5.41) is 16.5. The number of benzene rings is 1. The topological polar surface area (TPSA) is 135 Å². The first-order valence-corrected chi connectivity index (χ1v) is 11.1. The second-order valence-corrected chi connectivity index (χ2v) is 8.27. The number of carboxylic acids is 1. The maximum Gasteiger partial charge on any atom is 0.586 e. The molecule has 1 aromatic carbocycles. The Kier molecular flexibility index (Phi) is 8.23. The van der Waals surface area contributed by atoms with Crippen molar-refractivity contribution in [3.05, 3.63) is 35.5 Å². The molecule has 2 aromatic rings. The summed E-state index contributed by atoms with van der Waals surface area (Å²) in [7, 11) is 1.81. The minimum Gasteiger partial charge on any atom is -0.475 e. The number of ether oxygens (including phenoxy) is 2. The van der Waals surface area contributed by atoms with Gasteiger partial charge in [0.15, 0.2) is 11.5 Å². The standard InChI is InChI=1S/C20H23F2N5O3.C2HF3O2/c1-11-9-17(23-2)27-19(24-11)26-14-6-4-13(5-7-14)25-18(28)12-3-8-15-16(10-12)30-20(21,22)29-15;3-2(4,5)1(6)7/h3,8-10,13-14H,4-7H2,1-2H3,(H,25,28)(H2,23,24,26,27);(H,6,7)/t13-,14+;. The van der Waals surface area contributed by atoms with E-state index < -0.39 is 18.4 Å². The summed E-state index contributed by atoms with van der Waals surface area (Å²) in [6.45, 7) is 1.91. The number of nitrogens with one attached hydrogen (secondary N) is 3. The Hall–Kier alpha value is -3.91. The molecule has 2 heterocycles. The average Bonchev–Trinajstić information content (AvgIpc) is 3.12. The van der Waals surface area contributed by atoms with Crippen molar-refractivity contribution in [2.45, 2.75) is 57.2 Å². The Bertz CT molecular complexity index is 1140. The number of carboxylic acid groups (broad SMARTS) is 1. The predicted octanol–water partition coefficient (Wildman–Crippen LogP) is 3.93. The molecule has 4 N–H and O–H groups in total. The minimum atomic E-state index is -5.08. The molecule has 0 unspecified atom stereocenters. The summed E-state index contributed by atoms with van der Waals surface area (Å²) in [5.74, 6) is -1.96. The fraction of sp³-hybridized carbons (Fsp3) is 0.455. The lowest BCUT2D eigenvalue weighted by Crippen LogP contribution is -2.40. The second-order valence-electron chi connectivity index (χ2n) is 8.27. The van der Waals surface area contributed by atoms with Gasteiger partial charge in [-0.3, -0.25) is 4.79 Å². The molecule has 0 radical (unpaired) electrons.